The Morgan fingerprint density at radius 1 is 1.17 bits per heavy atom. The van der Waals surface area contributed by atoms with Crippen LogP contribution in [-0.2, 0) is 6.18 Å². The highest BCUT2D eigenvalue weighted by molar-refractivity contribution is 9.10. The van der Waals surface area contributed by atoms with Gasteiger partial charge in [-0.1, -0.05) is 15.9 Å². The lowest BCUT2D eigenvalue weighted by Gasteiger charge is -2.30. The van der Waals surface area contributed by atoms with Crippen LogP contribution in [0.25, 0.3) is 0 Å². The van der Waals surface area contributed by atoms with Crippen LogP contribution in [0.5, 0.6) is 0 Å². The summed E-state index contributed by atoms with van der Waals surface area (Å²) in [4.78, 5) is 1.64. The van der Waals surface area contributed by atoms with Crippen LogP contribution in [0.2, 0.25) is 0 Å². The maximum atomic E-state index is 12.7. The third kappa shape index (κ3) is 2.85. The van der Waals surface area contributed by atoms with Crippen LogP contribution in [0.1, 0.15) is 24.8 Å². The van der Waals surface area contributed by atoms with Gasteiger partial charge in [-0.2, -0.15) is 13.2 Å². The topological polar surface area (TPSA) is 27.1 Å². The van der Waals surface area contributed by atoms with E-state index in [-0.39, 0.29) is 0 Å². The van der Waals surface area contributed by atoms with E-state index in [9.17, 15) is 13.2 Å². The first-order valence-electron chi connectivity index (χ1n) is 5.60. The van der Waals surface area contributed by atoms with Gasteiger partial charge < -0.3 is 4.90 Å². The Morgan fingerprint density at radius 3 is 2.50 bits per heavy atom. The molecule has 1 saturated heterocycles. The van der Waals surface area contributed by atoms with Crippen LogP contribution in [0, 0.1) is 5.41 Å². The van der Waals surface area contributed by atoms with Gasteiger partial charge in [0.25, 0.3) is 0 Å². The molecular formula is C12H12BrF3N2. The van der Waals surface area contributed by atoms with Gasteiger partial charge in [0.05, 0.1) is 5.56 Å². The molecule has 1 aliphatic heterocycles. The summed E-state index contributed by atoms with van der Waals surface area (Å²) < 4.78 is 38.5. The quantitative estimate of drug-likeness (QED) is 0.814. The van der Waals surface area contributed by atoms with Crippen LogP contribution in [0.3, 0.4) is 0 Å². The normalized spacial score (nSPS) is 17.1. The lowest BCUT2D eigenvalue weighted by molar-refractivity contribution is -0.137. The van der Waals surface area contributed by atoms with Gasteiger partial charge in [-0.3, -0.25) is 5.41 Å². The number of alkyl halides is 3. The molecule has 0 unspecified atom stereocenters. The van der Waals surface area contributed by atoms with Crippen molar-refractivity contribution in [2.75, 3.05) is 11.4 Å². The van der Waals surface area contributed by atoms with Crippen molar-refractivity contribution in [2.45, 2.75) is 25.4 Å². The summed E-state index contributed by atoms with van der Waals surface area (Å²) in [6, 6.07) is 3.77. The number of anilines is 1. The molecule has 0 amide bonds. The molecular weight excluding hydrogens is 309 g/mol. The molecule has 1 N–H and O–H groups in total. The number of benzene rings is 1. The first-order chi connectivity index (χ1) is 8.38. The van der Waals surface area contributed by atoms with Crippen LogP contribution >= 0.6 is 15.9 Å². The second kappa shape index (κ2) is 4.91. The Kier molecular flexibility index (Phi) is 3.66. The summed E-state index contributed by atoms with van der Waals surface area (Å²) in [6.07, 6.45) is -1.92. The number of hydrogen-bond acceptors (Lipinski definition) is 1. The fraction of sp³-hybridized carbons (Fsp3) is 0.417. The van der Waals surface area contributed by atoms with Gasteiger partial charge in [0.2, 0.25) is 0 Å². The van der Waals surface area contributed by atoms with Gasteiger partial charge in [-0.05, 0) is 31.0 Å². The fourth-order valence-electron chi connectivity index (χ4n) is 2.01. The molecule has 0 aliphatic carbocycles. The Balaban J connectivity index is 2.38. The summed E-state index contributed by atoms with van der Waals surface area (Å²) in [5.74, 6) is 0.382. The predicted octanol–water partition coefficient (Wildman–Crippen LogP) is 4.44. The Bertz CT molecular complexity index is 471. The lowest BCUT2D eigenvalue weighted by atomic mass is 10.1. The van der Waals surface area contributed by atoms with Crippen molar-refractivity contribution in [3.63, 3.8) is 0 Å². The summed E-state index contributed by atoms with van der Waals surface area (Å²) in [5.41, 5.74) is -0.258. The van der Waals surface area contributed by atoms with Gasteiger partial charge in [0.15, 0.2) is 0 Å². The first-order valence-corrected chi connectivity index (χ1v) is 6.40. The van der Waals surface area contributed by atoms with Crippen LogP contribution in [0.15, 0.2) is 22.7 Å². The maximum absolute atomic E-state index is 12.7. The molecule has 1 aliphatic rings. The Morgan fingerprint density at radius 2 is 1.89 bits per heavy atom. The zero-order chi connectivity index (χ0) is 13.3. The smallest absolute Gasteiger partial charge is 0.330 e. The minimum atomic E-state index is -4.36. The van der Waals surface area contributed by atoms with Crippen LogP contribution in [0.4, 0.5) is 18.9 Å². The summed E-state index contributed by atoms with van der Waals surface area (Å²) in [7, 11) is 0. The molecule has 98 valence electrons. The van der Waals surface area contributed by atoms with E-state index >= 15 is 0 Å². The van der Waals surface area contributed by atoms with E-state index in [4.69, 9.17) is 5.41 Å². The monoisotopic (exact) mass is 320 g/mol. The highest BCUT2D eigenvalue weighted by atomic mass is 79.9. The minimum absolute atomic E-state index is 0.380. The maximum Gasteiger partial charge on any atom is 0.416 e. The number of rotatable bonds is 1. The number of nitrogens with one attached hydrogen (secondary N) is 1. The van der Waals surface area contributed by atoms with E-state index in [1.807, 2.05) is 0 Å². The largest absolute Gasteiger partial charge is 0.416 e. The molecule has 0 saturated carbocycles. The number of nitrogens with zero attached hydrogens (tertiary/aromatic N) is 1. The molecule has 1 aromatic carbocycles. The highest BCUT2D eigenvalue weighted by Gasteiger charge is 2.32. The van der Waals surface area contributed by atoms with Gasteiger partial charge >= 0.3 is 6.18 Å². The van der Waals surface area contributed by atoms with Gasteiger partial charge in [-0.25, -0.2) is 0 Å². The summed E-state index contributed by atoms with van der Waals surface area (Å²) in [5, 5.41) is 7.81. The highest BCUT2D eigenvalue weighted by Crippen LogP contribution is 2.35. The zero-order valence-corrected chi connectivity index (χ0v) is 11.1. The molecule has 6 heteroatoms. The van der Waals surface area contributed by atoms with E-state index in [1.165, 1.54) is 0 Å². The van der Waals surface area contributed by atoms with Gasteiger partial charge in [-0.15, -0.1) is 0 Å². The Labute approximate surface area is 111 Å². The van der Waals surface area contributed by atoms with E-state index in [1.54, 1.807) is 11.0 Å². The fourth-order valence-corrected chi connectivity index (χ4v) is 2.49. The first kappa shape index (κ1) is 13.4. The van der Waals surface area contributed by atoms with Crippen molar-refractivity contribution in [2.24, 2.45) is 0 Å². The molecule has 2 rings (SSSR count). The second-order valence-electron chi connectivity index (χ2n) is 4.25. The standard InChI is InChI=1S/C12H12BrF3N2/c13-9-5-8(12(14,15)16)6-10(7-9)18-4-2-1-3-11(18)17/h5-7,17H,1-4H2. The molecule has 0 spiro atoms. The minimum Gasteiger partial charge on any atom is -0.330 e. The van der Waals surface area contributed by atoms with Gasteiger partial charge in [0, 0.05) is 23.1 Å². The van der Waals surface area contributed by atoms with E-state index < -0.39 is 11.7 Å². The molecule has 2 nitrogen and oxygen atoms in total. The van der Waals surface area contributed by atoms with Crippen molar-refractivity contribution < 1.29 is 13.2 Å². The second-order valence-corrected chi connectivity index (χ2v) is 5.17. The molecule has 1 fully saturated rings. The molecule has 18 heavy (non-hydrogen) atoms. The van der Waals surface area contributed by atoms with E-state index in [0.717, 1.165) is 25.0 Å². The lowest BCUT2D eigenvalue weighted by Crippen LogP contribution is -2.34. The van der Waals surface area contributed by atoms with E-state index in [2.05, 4.69) is 15.9 Å². The molecule has 1 heterocycles. The number of amidine groups is 1. The number of halogens is 4. The Hall–Kier alpha value is -1.04. The third-order valence-corrected chi connectivity index (χ3v) is 3.35. The number of piperidine rings is 1. The average molecular weight is 321 g/mol. The van der Waals surface area contributed by atoms with Crippen LogP contribution in [-0.4, -0.2) is 12.4 Å². The van der Waals surface area contributed by atoms with Crippen molar-refractivity contribution in [3.05, 3.63) is 28.2 Å². The van der Waals surface area contributed by atoms with Gasteiger partial charge in [0.1, 0.15) is 5.84 Å². The van der Waals surface area contributed by atoms with Crippen molar-refractivity contribution >= 4 is 27.5 Å². The molecule has 0 atom stereocenters. The predicted molar refractivity (Wildman–Crippen MR) is 68.1 cm³/mol. The molecule has 0 radical (unpaired) electrons. The third-order valence-electron chi connectivity index (χ3n) is 2.89. The average Bonchev–Trinajstić information content (AvgIpc) is 2.27. The summed E-state index contributed by atoms with van der Waals surface area (Å²) in [6.45, 7) is 0.604. The summed E-state index contributed by atoms with van der Waals surface area (Å²) >= 11 is 3.09. The van der Waals surface area contributed by atoms with Crippen molar-refractivity contribution in [3.8, 4) is 0 Å². The zero-order valence-electron chi connectivity index (χ0n) is 9.52. The molecule has 0 aromatic heterocycles. The van der Waals surface area contributed by atoms with Crippen molar-refractivity contribution in [1.29, 1.82) is 5.41 Å². The number of hydrogen-bond donors (Lipinski definition) is 1. The van der Waals surface area contributed by atoms with E-state index in [0.29, 0.717) is 29.0 Å². The SMILES string of the molecule is N=C1CCCCN1c1cc(Br)cc(C(F)(F)F)c1. The van der Waals surface area contributed by atoms with Crippen LogP contribution < -0.4 is 4.90 Å². The van der Waals surface area contributed by atoms with Crippen molar-refractivity contribution in [1.82, 2.24) is 0 Å². The molecule has 0 bridgehead atoms. The molecule has 1 aromatic rings.